The van der Waals surface area contributed by atoms with Crippen molar-refractivity contribution in [1.82, 2.24) is 10.2 Å². The molecule has 0 spiro atoms. The van der Waals surface area contributed by atoms with Crippen LogP contribution in [-0.4, -0.2) is 35.1 Å². The summed E-state index contributed by atoms with van der Waals surface area (Å²) in [6.45, 7) is 4.52. The number of benzene rings is 2. The van der Waals surface area contributed by atoms with Crippen LogP contribution in [0.1, 0.15) is 19.4 Å². The van der Waals surface area contributed by atoms with Crippen LogP contribution in [0.25, 0.3) is 0 Å². The molecule has 2 rings (SSSR count). The second kappa shape index (κ2) is 10.2. The Morgan fingerprint density at radius 1 is 1.12 bits per heavy atom. The van der Waals surface area contributed by atoms with Gasteiger partial charge in [-0.1, -0.05) is 41.9 Å². The average Bonchev–Trinajstić information content (AvgIpc) is 2.66. The van der Waals surface area contributed by atoms with Crippen LogP contribution >= 0.6 is 23.4 Å². The number of halogens is 1. The molecule has 0 saturated carbocycles. The van der Waals surface area contributed by atoms with E-state index >= 15 is 0 Å². The monoisotopic (exact) mass is 390 g/mol. The van der Waals surface area contributed by atoms with E-state index in [4.69, 9.17) is 11.6 Å². The molecule has 2 aromatic carbocycles. The van der Waals surface area contributed by atoms with Gasteiger partial charge < -0.3 is 10.2 Å². The molecular formula is C20H23ClN2O2S. The molecule has 1 atom stereocenters. The van der Waals surface area contributed by atoms with Crippen molar-refractivity contribution >= 4 is 35.2 Å². The number of carbonyl (C=O) groups is 2. The molecule has 0 aliphatic heterocycles. The van der Waals surface area contributed by atoms with Crippen LogP contribution in [0.2, 0.25) is 5.02 Å². The van der Waals surface area contributed by atoms with E-state index in [9.17, 15) is 9.59 Å². The lowest BCUT2D eigenvalue weighted by molar-refractivity contribution is -0.138. The third-order valence-electron chi connectivity index (χ3n) is 3.89. The van der Waals surface area contributed by atoms with Crippen molar-refractivity contribution in [3.05, 3.63) is 65.2 Å². The van der Waals surface area contributed by atoms with Crippen molar-refractivity contribution in [1.29, 1.82) is 0 Å². The first-order chi connectivity index (χ1) is 12.5. The van der Waals surface area contributed by atoms with E-state index in [1.54, 1.807) is 24.0 Å². The fourth-order valence-electron chi connectivity index (χ4n) is 2.44. The number of nitrogens with zero attached hydrogens (tertiary/aromatic N) is 1. The number of amides is 2. The average molecular weight is 391 g/mol. The lowest BCUT2D eigenvalue weighted by Gasteiger charge is -2.28. The fraction of sp³-hybridized carbons (Fsp3) is 0.300. The van der Waals surface area contributed by atoms with E-state index in [2.05, 4.69) is 5.32 Å². The van der Waals surface area contributed by atoms with E-state index in [0.29, 0.717) is 18.1 Å². The molecule has 6 heteroatoms. The molecule has 0 heterocycles. The molecule has 0 saturated heterocycles. The van der Waals surface area contributed by atoms with Gasteiger partial charge in [0.2, 0.25) is 11.8 Å². The smallest absolute Gasteiger partial charge is 0.242 e. The van der Waals surface area contributed by atoms with Crippen molar-refractivity contribution in [2.75, 3.05) is 12.3 Å². The SMILES string of the molecule is CCNC(=O)[C@@H](C)N(Cc1ccc(Cl)cc1)C(=O)CSc1ccccc1. The van der Waals surface area contributed by atoms with Crippen LogP contribution in [0.5, 0.6) is 0 Å². The lowest BCUT2D eigenvalue weighted by atomic mass is 10.1. The summed E-state index contributed by atoms with van der Waals surface area (Å²) < 4.78 is 0. The highest BCUT2D eigenvalue weighted by molar-refractivity contribution is 8.00. The van der Waals surface area contributed by atoms with Crippen LogP contribution in [0.15, 0.2) is 59.5 Å². The summed E-state index contributed by atoms with van der Waals surface area (Å²) in [5.74, 6) is 0.0496. The number of rotatable bonds is 8. The predicted molar refractivity (Wildman–Crippen MR) is 107 cm³/mol. The first-order valence-corrected chi connectivity index (χ1v) is 9.87. The minimum absolute atomic E-state index is 0.0763. The van der Waals surface area contributed by atoms with Crippen molar-refractivity contribution in [3.8, 4) is 0 Å². The fourth-order valence-corrected chi connectivity index (χ4v) is 3.37. The molecule has 0 radical (unpaired) electrons. The largest absolute Gasteiger partial charge is 0.355 e. The Bertz CT molecular complexity index is 722. The number of hydrogen-bond acceptors (Lipinski definition) is 3. The zero-order chi connectivity index (χ0) is 18.9. The maximum Gasteiger partial charge on any atom is 0.242 e. The Morgan fingerprint density at radius 3 is 2.38 bits per heavy atom. The maximum absolute atomic E-state index is 12.8. The van der Waals surface area contributed by atoms with Crippen LogP contribution in [0.4, 0.5) is 0 Å². The van der Waals surface area contributed by atoms with Crippen molar-refractivity contribution in [2.24, 2.45) is 0 Å². The van der Waals surface area contributed by atoms with Crippen molar-refractivity contribution in [3.63, 3.8) is 0 Å². The van der Waals surface area contributed by atoms with Gasteiger partial charge in [0.25, 0.3) is 0 Å². The van der Waals surface area contributed by atoms with Gasteiger partial charge in [-0.2, -0.15) is 0 Å². The zero-order valence-corrected chi connectivity index (χ0v) is 16.5. The summed E-state index contributed by atoms with van der Waals surface area (Å²) in [6, 6.07) is 16.5. The topological polar surface area (TPSA) is 49.4 Å². The number of likely N-dealkylation sites (N-methyl/N-ethyl adjacent to an activating group) is 1. The van der Waals surface area contributed by atoms with Gasteiger partial charge in [0, 0.05) is 23.0 Å². The van der Waals surface area contributed by atoms with Gasteiger partial charge in [-0.15, -0.1) is 11.8 Å². The molecule has 0 aliphatic carbocycles. The van der Waals surface area contributed by atoms with Gasteiger partial charge in [0.05, 0.1) is 5.75 Å². The number of hydrogen-bond donors (Lipinski definition) is 1. The molecule has 2 amide bonds. The molecule has 0 bridgehead atoms. The maximum atomic E-state index is 12.8. The van der Waals surface area contributed by atoms with Crippen molar-refractivity contribution < 1.29 is 9.59 Å². The van der Waals surface area contributed by atoms with Crippen LogP contribution in [0.3, 0.4) is 0 Å². The summed E-state index contributed by atoms with van der Waals surface area (Å²) in [7, 11) is 0. The molecule has 1 N–H and O–H groups in total. The minimum atomic E-state index is -0.547. The Labute approximate surface area is 163 Å². The third kappa shape index (κ3) is 6.07. The van der Waals surface area contributed by atoms with E-state index < -0.39 is 6.04 Å². The van der Waals surface area contributed by atoms with Gasteiger partial charge in [-0.05, 0) is 43.7 Å². The molecule has 2 aromatic rings. The molecule has 0 aromatic heterocycles. The van der Waals surface area contributed by atoms with Crippen LogP contribution < -0.4 is 5.32 Å². The van der Waals surface area contributed by atoms with Gasteiger partial charge in [-0.3, -0.25) is 9.59 Å². The van der Waals surface area contributed by atoms with Gasteiger partial charge >= 0.3 is 0 Å². The molecular weight excluding hydrogens is 368 g/mol. The Morgan fingerprint density at radius 2 is 1.77 bits per heavy atom. The summed E-state index contributed by atoms with van der Waals surface area (Å²) in [4.78, 5) is 27.8. The second-order valence-electron chi connectivity index (χ2n) is 5.82. The van der Waals surface area contributed by atoms with Crippen LogP contribution in [0, 0.1) is 0 Å². The van der Waals surface area contributed by atoms with E-state index in [-0.39, 0.29) is 17.6 Å². The first-order valence-electron chi connectivity index (χ1n) is 8.50. The molecule has 0 unspecified atom stereocenters. The van der Waals surface area contributed by atoms with Gasteiger partial charge in [0.1, 0.15) is 6.04 Å². The van der Waals surface area contributed by atoms with E-state index in [0.717, 1.165) is 10.5 Å². The highest BCUT2D eigenvalue weighted by atomic mass is 35.5. The quantitative estimate of drug-likeness (QED) is 0.693. The summed E-state index contributed by atoms with van der Waals surface area (Å²) in [5, 5.41) is 3.43. The molecule has 0 fully saturated rings. The van der Waals surface area contributed by atoms with E-state index in [1.165, 1.54) is 11.8 Å². The third-order valence-corrected chi connectivity index (χ3v) is 5.14. The first kappa shape index (κ1) is 20.3. The van der Waals surface area contributed by atoms with E-state index in [1.807, 2.05) is 49.4 Å². The predicted octanol–water partition coefficient (Wildman–Crippen LogP) is 3.99. The Hall–Kier alpha value is -1.98. The van der Waals surface area contributed by atoms with Gasteiger partial charge in [0.15, 0.2) is 0 Å². The normalized spacial score (nSPS) is 11.7. The van der Waals surface area contributed by atoms with Crippen LogP contribution in [-0.2, 0) is 16.1 Å². The summed E-state index contributed by atoms with van der Waals surface area (Å²) >= 11 is 7.40. The standard InChI is InChI=1S/C20H23ClN2O2S/c1-3-22-20(25)15(2)23(13-16-9-11-17(21)12-10-16)19(24)14-26-18-7-5-4-6-8-18/h4-12,15H,3,13-14H2,1-2H3,(H,22,25)/t15-/m1/s1. The second-order valence-corrected chi connectivity index (χ2v) is 7.31. The molecule has 26 heavy (non-hydrogen) atoms. The molecule has 138 valence electrons. The molecule has 4 nitrogen and oxygen atoms in total. The highest BCUT2D eigenvalue weighted by Crippen LogP contribution is 2.20. The summed E-state index contributed by atoms with van der Waals surface area (Å²) in [5.41, 5.74) is 0.934. The lowest BCUT2D eigenvalue weighted by Crippen LogP contribution is -2.48. The number of carbonyl (C=O) groups excluding carboxylic acids is 2. The van der Waals surface area contributed by atoms with Gasteiger partial charge in [-0.25, -0.2) is 0 Å². The summed E-state index contributed by atoms with van der Waals surface area (Å²) in [6.07, 6.45) is 0. The van der Waals surface area contributed by atoms with Crippen molar-refractivity contribution in [2.45, 2.75) is 31.3 Å². The Balaban J connectivity index is 2.11. The zero-order valence-electron chi connectivity index (χ0n) is 14.9. The number of nitrogens with one attached hydrogen (secondary N) is 1. The minimum Gasteiger partial charge on any atom is -0.355 e. The highest BCUT2D eigenvalue weighted by Gasteiger charge is 2.25. The molecule has 0 aliphatic rings. The number of thioether (sulfide) groups is 1. The Kier molecular flexibility index (Phi) is 8.01.